The molecule has 0 unspecified atom stereocenters. The second-order valence-electron chi connectivity index (χ2n) is 6.62. The maximum absolute atomic E-state index is 12.9. The van der Waals surface area contributed by atoms with E-state index in [1.165, 1.54) is 11.3 Å². The molecule has 21 heavy (non-hydrogen) atoms. The monoisotopic (exact) mass is 343 g/mol. The lowest BCUT2D eigenvalue weighted by molar-refractivity contribution is -0.124. The predicted molar refractivity (Wildman–Crippen MR) is 81.3 cm³/mol. The van der Waals surface area contributed by atoms with Crippen LogP contribution >= 0.6 is 15.9 Å². The summed E-state index contributed by atoms with van der Waals surface area (Å²) in [6.07, 6.45) is 5.61. The summed E-state index contributed by atoms with van der Waals surface area (Å²) in [6, 6.07) is 7.48. The Morgan fingerprint density at radius 2 is 1.52 bits per heavy atom. The van der Waals surface area contributed by atoms with Gasteiger partial charge < -0.3 is 0 Å². The second kappa shape index (κ2) is 3.86. The van der Waals surface area contributed by atoms with E-state index in [0.29, 0.717) is 17.5 Å². The highest BCUT2D eigenvalue weighted by molar-refractivity contribution is 9.10. The molecule has 5 aliphatic rings. The Balaban J connectivity index is 1.62. The topological polar surface area (TPSA) is 37.4 Å². The van der Waals surface area contributed by atoms with E-state index in [4.69, 9.17) is 0 Å². The van der Waals surface area contributed by atoms with E-state index in [9.17, 15) is 9.59 Å². The molecule has 1 aromatic carbocycles. The molecule has 2 bridgehead atoms. The third kappa shape index (κ3) is 1.39. The molecule has 4 aliphatic carbocycles. The van der Waals surface area contributed by atoms with Crippen molar-refractivity contribution in [3.05, 3.63) is 40.9 Å². The van der Waals surface area contributed by atoms with Crippen LogP contribution in [0.1, 0.15) is 6.42 Å². The van der Waals surface area contributed by atoms with E-state index in [1.54, 1.807) is 0 Å². The zero-order valence-electron chi connectivity index (χ0n) is 11.3. The van der Waals surface area contributed by atoms with Gasteiger partial charge in [0.1, 0.15) is 0 Å². The molecule has 3 nitrogen and oxygen atoms in total. The summed E-state index contributed by atoms with van der Waals surface area (Å²) in [6.45, 7) is 0. The highest BCUT2D eigenvalue weighted by atomic mass is 79.9. The van der Waals surface area contributed by atoms with Gasteiger partial charge in [-0.1, -0.05) is 24.3 Å². The van der Waals surface area contributed by atoms with Crippen LogP contribution in [-0.4, -0.2) is 11.8 Å². The van der Waals surface area contributed by atoms with Crippen LogP contribution in [0.25, 0.3) is 0 Å². The molecule has 4 heteroatoms. The van der Waals surface area contributed by atoms with E-state index in [0.717, 1.165) is 4.47 Å². The van der Waals surface area contributed by atoms with Gasteiger partial charge in [0.15, 0.2) is 0 Å². The van der Waals surface area contributed by atoms with Crippen LogP contribution in [0, 0.1) is 35.5 Å². The summed E-state index contributed by atoms with van der Waals surface area (Å²) in [4.78, 5) is 27.2. The number of amides is 2. The highest BCUT2D eigenvalue weighted by Crippen LogP contribution is 2.65. The van der Waals surface area contributed by atoms with E-state index in [-0.39, 0.29) is 35.5 Å². The number of allylic oxidation sites excluding steroid dienone is 2. The van der Waals surface area contributed by atoms with Gasteiger partial charge in [0, 0.05) is 4.47 Å². The van der Waals surface area contributed by atoms with Crippen LogP contribution < -0.4 is 4.90 Å². The Morgan fingerprint density at radius 1 is 0.952 bits per heavy atom. The highest BCUT2D eigenvalue weighted by Gasteiger charge is 2.67. The fourth-order valence-corrected chi connectivity index (χ4v) is 5.29. The number of rotatable bonds is 1. The first-order valence-electron chi connectivity index (χ1n) is 7.49. The molecule has 0 aromatic heterocycles. The average Bonchev–Trinajstić information content (AvgIpc) is 3.26. The van der Waals surface area contributed by atoms with Gasteiger partial charge in [-0.05, 0) is 58.2 Å². The first-order valence-corrected chi connectivity index (χ1v) is 8.28. The third-order valence-electron chi connectivity index (χ3n) is 5.76. The van der Waals surface area contributed by atoms with Crippen molar-refractivity contribution in [3.8, 4) is 0 Å². The molecular weight excluding hydrogens is 330 g/mol. The quantitative estimate of drug-likeness (QED) is 0.580. The van der Waals surface area contributed by atoms with E-state index in [2.05, 4.69) is 28.1 Å². The van der Waals surface area contributed by atoms with Crippen LogP contribution in [-0.2, 0) is 9.59 Å². The van der Waals surface area contributed by atoms with Crippen molar-refractivity contribution < 1.29 is 9.59 Å². The van der Waals surface area contributed by atoms with Gasteiger partial charge in [0.2, 0.25) is 11.8 Å². The number of hydrogen-bond donors (Lipinski definition) is 0. The summed E-state index contributed by atoms with van der Waals surface area (Å²) >= 11 is 3.47. The van der Waals surface area contributed by atoms with Gasteiger partial charge in [0.05, 0.1) is 17.5 Å². The zero-order chi connectivity index (χ0) is 14.3. The number of nitrogens with zero attached hydrogens (tertiary/aromatic N) is 1. The van der Waals surface area contributed by atoms with Crippen molar-refractivity contribution in [2.45, 2.75) is 6.42 Å². The van der Waals surface area contributed by atoms with Gasteiger partial charge in [-0.25, -0.2) is 4.90 Å². The minimum Gasteiger partial charge on any atom is -0.274 e. The number of carbonyl (C=O) groups excluding carboxylic acids is 2. The Hall–Kier alpha value is -1.42. The molecule has 106 valence electrons. The molecule has 6 atom stereocenters. The Labute approximate surface area is 131 Å². The van der Waals surface area contributed by atoms with Crippen LogP contribution in [0.5, 0.6) is 0 Å². The van der Waals surface area contributed by atoms with Crippen molar-refractivity contribution in [2.75, 3.05) is 4.90 Å². The van der Waals surface area contributed by atoms with E-state index < -0.39 is 0 Å². The fourth-order valence-electron chi connectivity index (χ4n) is 4.83. The van der Waals surface area contributed by atoms with Crippen molar-refractivity contribution in [2.24, 2.45) is 35.5 Å². The SMILES string of the molecule is O=C1[C@@H]2[C@@H]3C=C[C@H]([C@H]4C[C@H]34)[C@@H]2C(=O)N1c1ccccc1Br. The van der Waals surface area contributed by atoms with E-state index in [1.807, 2.05) is 24.3 Å². The molecule has 0 spiro atoms. The number of para-hydroxylation sites is 1. The molecule has 3 fully saturated rings. The second-order valence-corrected chi connectivity index (χ2v) is 7.47. The summed E-state index contributed by atoms with van der Waals surface area (Å²) < 4.78 is 0.802. The zero-order valence-corrected chi connectivity index (χ0v) is 12.9. The standard InChI is InChI=1S/C17H14BrNO2/c18-12-3-1-2-4-13(12)19-16(20)14-8-5-6-9(11-7-10(8)11)15(14)17(19)21/h1-6,8-11,14-15H,7H2/t8-,9-,10-,11-,14-,15+/m1/s1. The van der Waals surface area contributed by atoms with Gasteiger partial charge in [0.25, 0.3) is 0 Å². The smallest absolute Gasteiger partial charge is 0.238 e. The number of halogens is 1. The van der Waals surface area contributed by atoms with Crippen molar-refractivity contribution >= 4 is 33.4 Å². The van der Waals surface area contributed by atoms with Crippen molar-refractivity contribution in [1.29, 1.82) is 0 Å². The summed E-state index contributed by atoms with van der Waals surface area (Å²) in [5, 5.41) is 0. The van der Waals surface area contributed by atoms with Crippen LogP contribution in [0.15, 0.2) is 40.9 Å². The minimum atomic E-state index is -0.122. The van der Waals surface area contributed by atoms with Gasteiger partial charge in [-0.3, -0.25) is 9.59 Å². The molecule has 1 heterocycles. The molecule has 0 N–H and O–H groups in total. The number of anilines is 1. The normalized spacial score (nSPS) is 42.2. The summed E-state index contributed by atoms with van der Waals surface area (Å²) in [7, 11) is 0. The number of carbonyl (C=O) groups is 2. The first kappa shape index (κ1) is 12.2. The first-order chi connectivity index (χ1) is 10.2. The van der Waals surface area contributed by atoms with Gasteiger partial charge >= 0.3 is 0 Å². The van der Waals surface area contributed by atoms with E-state index >= 15 is 0 Å². The van der Waals surface area contributed by atoms with Crippen LogP contribution in [0.2, 0.25) is 0 Å². The summed E-state index contributed by atoms with van der Waals surface area (Å²) in [5.74, 6) is 1.63. The molecule has 2 saturated carbocycles. The third-order valence-corrected chi connectivity index (χ3v) is 6.43. The Morgan fingerprint density at radius 3 is 2.10 bits per heavy atom. The largest absolute Gasteiger partial charge is 0.274 e. The molecular formula is C17H14BrNO2. The average molecular weight is 344 g/mol. The summed E-state index contributed by atoms with van der Waals surface area (Å²) in [5.41, 5.74) is 0.690. The predicted octanol–water partition coefficient (Wildman–Crippen LogP) is 3.01. The molecule has 2 amide bonds. The fraction of sp³-hybridized carbons (Fsp3) is 0.412. The van der Waals surface area contributed by atoms with Crippen LogP contribution in [0.4, 0.5) is 5.69 Å². The minimum absolute atomic E-state index is 0.00148. The number of benzene rings is 1. The lowest BCUT2D eigenvalue weighted by atomic mass is 9.63. The number of imide groups is 1. The molecule has 1 aliphatic heterocycles. The lowest BCUT2D eigenvalue weighted by Crippen LogP contribution is -2.40. The van der Waals surface area contributed by atoms with Gasteiger partial charge in [-0.15, -0.1) is 0 Å². The van der Waals surface area contributed by atoms with Gasteiger partial charge in [-0.2, -0.15) is 0 Å². The molecule has 6 rings (SSSR count). The molecule has 0 radical (unpaired) electrons. The van der Waals surface area contributed by atoms with Crippen molar-refractivity contribution in [3.63, 3.8) is 0 Å². The van der Waals surface area contributed by atoms with Crippen molar-refractivity contribution in [1.82, 2.24) is 0 Å². The Bertz CT molecular complexity index is 676. The van der Waals surface area contributed by atoms with Crippen LogP contribution in [0.3, 0.4) is 0 Å². The molecule has 1 saturated heterocycles. The lowest BCUT2D eigenvalue weighted by Gasteiger charge is -2.37. The maximum atomic E-state index is 12.9. The Kier molecular flexibility index (Phi) is 2.23. The maximum Gasteiger partial charge on any atom is 0.238 e. The number of hydrogen-bond acceptors (Lipinski definition) is 2. The molecule has 1 aromatic rings.